The zero-order chi connectivity index (χ0) is 14.4. The van der Waals surface area contributed by atoms with Crippen LogP contribution in [-0.4, -0.2) is 27.3 Å². The van der Waals surface area contributed by atoms with Crippen molar-refractivity contribution in [2.45, 2.75) is 39.1 Å². The first-order valence-corrected chi connectivity index (χ1v) is 7.03. The van der Waals surface area contributed by atoms with Gasteiger partial charge in [-0.1, -0.05) is 13.0 Å². The van der Waals surface area contributed by atoms with Crippen molar-refractivity contribution in [2.24, 2.45) is 11.8 Å². The molecule has 5 atom stereocenters. The van der Waals surface area contributed by atoms with E-state index in [1.54, 1.807) is 0 Å². The first-order chi connectivity index (χ1) is 9.47. The molecule has 108 valence electrons. The largest absolute Gasteiger partial charge is 0.388 e. The first kappa shape index (κ1) is 13.4. The van der Waals surface area contributed by atoms with Crippen molar-refractivity contribution in [3.8, 4) is 0 Å². The van der Waals surface area contributed by atoms with Crippen molar-refractivity contribution in [2.75, 3.05) is 0 Å². The number of aliphatic hydroxyl groups is 1. The number of hydrogen-bond acceptors (Lipinski definition) is 3. The van der Waals surface area contributed by atoms with E-state index < -0.39 is 6.10 Å². The molecule has 1 aromatic carbocycles. The van der Waals surface area contributed by atoms with Gasteiger partial charge in [0, 0.05) is 5.92 Å². The van der Waals surface area contributed by atoms with Crippen LogP contribution in [0, 0.1) is 11.8 Å². The fourth-order valence-electron chi connectivity index (χ4n) is 3.29. The molecule has 0 aliphatic carbocycles. The summed E-state index contributed by atoms with van der Waals surface area (Å²) in [5, 5.41) is 10.7. The number of benzene rings is 1. The Labute approximate surface area is 117 Å². The van der Waals surface area contributed by atoms with Gasteiger partial charge < -0.3 is 19.8 Å². The number of ether oxygens (including phenoxy) is 1. The molecule has 0 radical (unpaired) electrons. The predicted molar refractivity (Wildman–Crippen MR) is 76.5 cm³/mol. The highest BCUT2D eigenvalue weighted by molar-refractivity contribution is 5.75. The molecule has 3 rings (SSSR count). The van der Waals surface area contributed by atoms with Gasteiger partial charge in [0.25, 0.3) is 0 Å². The molecular weight excluding hydrogens is 256 g/mol. The van der Waals surface area contributed by atoms with Gasteiger partial charge in [-0.15, -0.1) is 0 Å². The Hall–Kier alpha value is -1.59. The van der Waals surface area contributed by atoms with Gasteiger partial charge in [-0.3, -0.25) is 0 Å². The van der Waals surface area contributed by atoms with E-state index in [0.29, 0.717) is 5.92 Å². The van der Waals surface area contributed by atoms with Crippen LogP contribution >= 0.6 is 0 Å². The van der Waals surface area contributed by atoms with Crippen molar-refractivity contribution < 1.29 is 9.84 Å². The smallest absolute Gasteiger partial charge is 0.323 e. The van der Waals surface area contributed by atoms with Gasteiger partial charge in [0.2, 0.25) is 0 Å². The van der Waals surface area contributed by atoms with E-state index in [-0.39, 0.29) is 23.8 Å². The summed E-state index contributed by atoms with van der Waals surface area (Å²) in [6.45, 7) is 6.16. The lowest BCUT2D eigenvalue weighted by atomic mass is 9.82. The molecule has 1 aliphatic heterocycles. The minimum absolute atomic E-state index is 0.0240. The molecular formula is C15H20N2O3. The monoisotopic (exact) mass is 276 g/mol. The predicted octanol–water partition coefficient (Wildman–Crippen LogP) is 1.95. The highest BCUT2D eigenvalue weighted by Crippen LogP contribution is 2.40. The van der Waals surface area contributed by atoms with Crippen LogP contribution in [0.4, 0.5) is 0 Å². The summed E-state index contributed by atoms with van der Waals surface area (Å²) < 4.78 is 5.80. The summed E-state index contributed by atoms with van der Waals surface area (Å²) >= 11 is 0. The number of hydrogen-bond donors (Lipinski definition) is 3. The van der Waals surface area contributed by atoms with E-state index in [4.69, 9.17) is 4.74 Å². The summed E-state index contributed by atoms with van der Waals surface area (Å²) in [5.74, 6) is 0.356. The quantitative estimate of drug-likeness (QED) is 0.784. The van der Waals surface area contributed by atoms with Crippen LogP contribution < -0.4 is 5.69 Å². The zero-order valence-corrected chi connectivity index (χ0v) is 11.9. The standard InChI is InChI=1S/C15H20N2O3/c1-7-8(2)20-9(3)13(7)14(18)10-4-5-11-12(6-10)17-15(19)16-11/h4-9,13-14,18H,1-3H3,(H2,16,17,19). The lowest BCUT2D eigenvalue weighted by molar-refractivity contribution is 0.0231. The number of nitrogens with one attached hydrogen (secondary N) is 2. The van der Waals surface area contributed by atoms with Crippen LogP contribution in [0.25, 0.3) is 11.0 Å². The Balaban J connectivity index is 1.95. The molecule has 5 heteroatoms. The molecule has 20 heavy (non-hydrogen) atoms. The minimum atomic E-state index is -0.590. The Morgan fingerprint density at radius 3 is 2.50 bits per heavy atom. The van der Waals surface area contributed by atoms with Gasteiger partial charge in [0.15, 0.2) is 0 Å². The third-order valence-corrected chi connectivity index (χ3v) is 4.57. The van der Waals surface area contributed by atoms with Crippen LogP contribution in [0.3, 0.4) is 0 Å². The van der Waals surface area contributed by atoms with Crippen LogP contribution in [0.1, 0.15) is 32.4 Å². The van der Waals surface area contributed by atoms with Crippen LogP contribution in [0.5, 0.6) is 0 Å². The second-order valence-electron chi connectivity index (χ2n) is 5.81. The van der Waals surface area contributed by atoms with E-state index in [1.165, 1.54) is 0 Å². The lowest BCUT2D eigenvalue weighted by Gasteiger charge is -2.25. The molecule has 5 nitrogen and oxygen atoms in total. The second kappa shape index (κ2) is 4.75. The summed E-state index contributed by atoms with van der Waals surface area (Å²) in [6, 6.07) is 5.51. The van der Waals surface area contributed by atoms with Crippen LogP contribution in [0.15, 0.2) is 23.0 Å². The normalized spacial score (nSPS) is 31.8. The lowest BCUT2D eigenvalue weighted by Crippen LogP contribution is -2.24. The third kappa shape index (κ3) is 2.07. The molecule has 5 unspecified atom stereocenters. The van der Waals surface area contributed by atoms with E-state index >= 15 is 0 Å². The van der Waals surface area contributed by atoms with Crippen LogP contribution in [-0.2, 0) is 4.74 Å². The molecule has 1 aliphatic rings. The molecule has 1 aromatic heterocycles. The van der Waals surface area contributed by atoms with Crippen molar-refractivity contribution in [3.05, 3.63) is 34.2 Å². The Bertz CT molecular complexity index is 675. The maximum atomic E-state index is 11.3. The van der Waals surface area contributed by atoms with Crippen LogP contribution in [0.2, 0.25) is 0 Å². The van der Waals surface area contributed by atoms with Gasteiger partial charge in [-0.05, 0) is 37.5 Å². The van der Waals surface area contributed by atoms with Gasteiger partial charge in [0.1, 0.15) is 0 Å². The molecule has 0 saturated carbocycles. The Morgan fingerprint density at radius 1 is 1.15 bits per heavy atom. The average Bonchev–Trinajstić information content (AvgIpc) is 2.87. The number of fused-ring (bicyclic) bond motifs is 1. The van der Waals surface area contributed by atoms with Gasteiger partial charge in [-0.2, -0.15) is 0 Å². The van der Waals surface area contributed by atoms with E-state index in [9.17, 15) is 9.90 Å². The molecule has 0 spiro atoms. The number of imidazole rings is 1. The first-order valence-electron chi connectivity index (χ1n) is 7.03. The summed E-state index contributed by atoms with van der Waals surface area (Å²) in [6.07, 6.45) is -0.413. The molecule has 0 bridgehead atoms. The Morgan fingerprint density at radius 2 is 1.85 bits per heavy atom. The molecule has 2 aromatic rings. The molecule has 2 heterocycles. The fraction of sp³-hybridized carbons (Fsp3) is 0.533. The SMILES string of the molecule is CC1OC(C)C(C(O)c2ccc3[nH]c(=O)[nH]c3c2)C1C. The fourth-order valence-corrected chi connectivity index (χ4v) is 3.29. The van der Waals surface area contributed by atoms with Gasteiger partial charge in [-0.25, -0.2) is 4.79 Å². The van der Waals surface area contributed by atoms with E-state index in [1.807, 2.05) is 32.0 Å². The highest BCUT2D eigenvalue weighted by Gasteiger charge is 2.41. The molecule has 1 fully saturated rings. The number of aromatic amines is 2. The van der Waals surface area contributed by atoms with Crippen molar-refractivity contribution >= 4 is 11.0 Å². The maximum absolute atomic E-state index is 11.3. The number of H-pyrrole nitrogens is 2. The summed E-state index contributed by atoms with van der Waals surface area (Å²) in [5.41, 5.74) is 2.06. The highest BCUT2D eigenvalue weighted by atomic mass is 16.5. The molecule has 1 saturated heterocycles. The van der Waals surface area contributed by atoms with E-state index in [0.717, 1.165) is 16.6 Å². The number of aromatic nitrogens is 2. The summed E-state index contributed by atoms with van der Waals surface area (Å²) in [7, 11) is 0. The number of rotatable bonds is 2. The summed E-state index contributed by atoms with van der Waals surface area (Å²) in [4.78, 5) is 16.7. The van der Waals surface area contributed by atoms with E-state index in [2.05, 4.69) is 16.9 Å². The van der Waals surface area contributed by atoms with Crippen molar-refractivity contribution in [1.29, 1.82) is 0 Å². The minimum Gasteiger partial charge on any atom is -0.388 e. The zero-order valence-electron chi connectivity index (χ0n) is 11.9. The third-order valence-electron chi connectivity index (χ3n) is 4.57. The molecule has 0 amide bonds. The second-order valence-corrected chi connectivity index (χ2v) is 5.81. The average molecular weight is 276 g/mol. The maximum Gasteiger partial charge on any atom is 0.323 e. The Kier molecular flexibility index (Phi) is 3.18. The van der Waals surface area contributed by atoms with Crippen molar-refractivity contribution in [1.82, 2.24) is 9.97 Å². The van der Waals surface area contributed by atoms with Gasteiger partial charge in [0.05, 0.1) is 29.3 Å². The van der Waals surface area contributed by atoms with Gasteiger partial charge >= 0.3 is 5.69 Å². The van der Waals surface area contributed by atoms with Crippen molar-refractivity contribution in [3.63, 3.8) is 0 Å². The number of aliphatic hydroxyl groups excluding tert-OH is 1. The topological polar surface area (TPSA) is 78.1 Å². The molecule has 3 N–H and O–H groups in total.